The Bertz CT molecular complexity index is 356. The lowest BCUT2D eigenvalue weighted by Crippen LogP contribution is -2.32. The number of nitrogens with two attached hydrogens (primary N) is 1. The van der Waals surface area contributed by atoms with Crippen molar-refractivity contribution in [3.63, 3.8) is 0 Å². The van der Waals surface area contributed by atoms with E-state index in [4.69, 9.17) is 5.84 Å². The van der Waals surface area contributed by atoms with E-state index in [0.717, 1.165) is 31.1 Å². The largest absolute Gasteiger partial charge is 0.308 e. The molecule has 2 heterocycles. The molecule has 0 radical (unpaired) electrons. The fourth-order valence-corrected chi connectivity index (χ4v) is 3.03. The van der Waals surface area contributed by atoms with Gasteiger partial charge in [0.05, 0.1) is 5.69 Å². The summed E-state index contributed by atoms with van der Waals surface area (Å²) in [6.45, 7) is 5.29. The van der Waals surface area contributed by atoms with Gasteiger partial charge in [-0.15, -0.1) is 0 Å². The second-order valence-electron chi connectivity index (χ2n) is 4.07. The topological polar surface area (TPSA) is 59.1 Å². The highest BCUT2D eigenvalue weighted by Crippen LogP contribution is 2.21. The molecular weight excluding hydrogens is 222 g/mol. The van der Waals surface area contributed by atoms with E-state index in [-0.39, 0.29) is 0 Å². The van der Waals surface area contributed by atoms with Gasteiger partial charge in [0.2, 0.25) is 0 Å². The van der Waals surface area contributed by atoms with Crippen molar-refractivity contribution >= 4 is 17.6 Å². The van der Waals surface area contributed by atoms with Gasteiger partial charge >= 0.3 is 0 Å². The fraction of sp³-hybridized carbons (Fsp3) is 0.700. The van der Waals surface area contributed by atoms with Gasteiger partial charge in [-0.25, -0.2) is 5.84 Å². The summed E-state index contributed by atoms with van der Waals surface area (Å²) in [6, 6.07) is 0. The molecule has 1 aromatic heterocycles. The predicted octanol–water partition coefficient (Wildman–Crippen LogP) is 0.563. The summed E-state index contributed by atoms with van der Waals surface area (Å²) in [5.41, 5.74) is 5.03. The van der Waals surface area contributed by atoms with Crippen molar-refractivity contribution in [2.45, 2.75) is 13.5 Å². The van der Waals surface area contributed by atoms with Crippen LogP contribution < -0.4 is 11.3 Å². The first-order valence-electron chi connectivity index (χ1n) is 5.51. The molecule has 1 aromatic rings. The zero-order valence-electron chi connectivity index (χ0n) is 9.86. The Morgan fingerprint density at radius 1 is 1.44 bits per heavy atom. The third-order valence-corrected chi connectivity index (χ3v) is 3.91. The molecule has 5 nitrogen and oxygen atoms in total. The molecule has 0 unspecified atom stereocenters. The quantitative estimate of drug-likeness (QED) is 0.598. The lowest BCUT2D eigenvalue weighted by atomic mass is 10.2. The number of thioether (sulfide) groups is 1. The van der Waals surface area contributed by atoms with Gasteiger partial charge in [0.25, 0.3) is 0 Å². The molecule has 90 valence electrons. The third kappa shape index (κ3) is 2.34. The summed E-state index contributed by atoms with van der Waals surface area (Å²) in [5, 5.41) is 4.39. The van der Waals surface area contributed by atoms with Gasteiger partial charge in [-0.05, 0) is 6.92 Å². The second-order valence-corrected chi connectivity index (χ2v) is 5.29. The molecule has 0 atom stereocenters. The zero-order chi connectivity index (χ0) is 11.5. The summed E-state index contributed by atoms with van der Waals surface area (Å²) in [5.74, 6) is 8.92. The Balaban J connectivity index is 2.13. The molecule has 3 N–H and O–H groups in total. The molecule has 0 aliphatic carbocycles. The molecule has 0 amide bonds. The Kier molecular flexibility index (Phi) is 3.73. The number of nitrogens with zero attached hydrogens (tertiary/aromatic N) is 3. The van der Waals surface area contributed by atoms with Gasteiger partial charge < -0.3 is 5.43 Å². The van der Waals surface area contributed by atoms with Gasteiger partial charge in [0.1, 0.15) is 5.82 Å². The van der Waals surface area contributed by atoms with Crippen LogP contribution in [0.2, 0.25) is 0 Å². The molecule has 1 aliphatic heterocycles. The van der Waals surface area contributed by atoms with E-state index in [2.05, 4.69) is 15.4 Å². The number of nitrogen functional groups attached to an aromatic ring is 1. The van der Waals surface area contributed by atoms with E-state index >= 15 is 0 Å². The number of hydrazine groups is 1. The van der Waals surface area contributed by atoms with E-state index in [9.17, 15) is 0 Å². The highest BCUT2D eigenvalue weighted by molar-refractivity contribution is 7.99. The van der Waals surface area contributed by atoms with E-state index in [1.807, 2.05) is 30.4 Å². The van der Waals surface area contributed by atoms with E-state index < -0.39 is 0 Å². The van der Waals surface area contributed by atoms with Crippen molar-refractivity contribution in [3.05, 3.63) is 11.3 Å². The summed E-state index contributed by atoms with van der Waals surface area (Å²) in [4.78, 5) is 2.46. The smallest absolute Gasteiger partial charge is 0.142 e. The number of aromatic nitrogens is 2. The number of hydrogen-bond acceptors (Lipinski definition) is 5. The molecule has 2 rings (SSSR count). The monoisotopic (exact) mass is 241 g/mol. The number of aryl methyl sites for hydroxylation is 2. The van der Waals surface area contributed by atoms with E-state index in [1.165, 1.54) is 17.1 Å². The Hall–Kier alpha value is -0.720. The van der Waals surface area contributed by atoms with Crippen molar-refractivity contribution in [1.82, 2.24) is 14.7 Å². The van der Waals surface area contributed by atoms with Gasteiger partial charge in [-0.2, -0.15) is 16.9 Å². The maximum atomic E-state index is 5.54. The normalized spacial score (nSPS) is 17.7. The highest BCUT2D eigenvalue weighted by atomic mass is 32.2. The Morgan fingerprint density at radius 3 is 2.75 bits per heavy atom. The van der Waals surface area contributed by atoms with Gasteiger partial charge in [-0.3, -0.25) is 9.58 Å². The molecule has 1 aliphatic rings. The molecule has 6 heteroatoms. The van der Waals surface area contributed by atoms with Crippen LogP contribution >= 0.6 is 11.8 Å². The van der Waals surface area contributed by atoms with Crippen molar-refractivity contribution in [1.29, 1.82) is 0 Å². The number of rotatable bonds is 3. The first-order valence-corrected chi connectivity index (χ1v) is 6.67. The van der Waals surface area contributed by atoms with Gasteiger partial charge in [0, 0.05) is 43.8 Å². The van der Waals surface area contributed by atoms with Crippen molar-refractivity contribution in [3.8, 4) is 0 Å². The first-order chi connectivity index (χ1) is 7.72. The van der Waals surface area contributed by atoms with Crippen LogP contribution in [-0.2, 0) is 13.6 Å². The SMILES string of the molecule is Cc1nn(C)c(NN)c1CN1CCSCC1. The lowest BCUT2D eigenvalue weighted by molar-refractivity contribution is 0.294. The van der Waals surface area contributed by atoms with Crippen molar-refractivity contribution < 1.29 is 0 Å². The average molecular weight is 241 g/mol. The van der Waals surface area contributed by atoms with Crippen molar-refractivity contribution in [2.24, 2.45) is 12.9 Å². The molecule has 0 aromatic carbocycles. The predicted molar refractivity (Wildman–Crippen MR) is 68.4 cm³/mol. The minimum absolute atomic E-state index is 0.927. The van der Waals surface area contributed by atoms with Crippen LogP contribution in [0, 0.1) is 6.92 Å². The number of nitrogens with one attached hydrogen (secondary N) is 1. The summed E-state index contributed by atoms with van der Waals surface area (Å²) < 4.78 is 1.81. The standard InChI is InChI=1S/C10H19N5S/c1-8-9(10(12-11)14(2)13-8)7-15-3-5-16-6-4-15/h12H,3-7,11H2,1-2H3. The minimum atomic E-state index is 0.927. The maximum absolute atomic E-state index is 5.54. The number of anilines is 1. The summed E-state index contributed by atoms with van der Waals surface area (Å²) >= 11 is 2.03. The zero-order valence-corrected chi connectivity index (χ0v) is 10.7. The maximum Gasteiger partial charge on any atom is 0.142 e. The lowest BCUT2D eigenvalue weighted by Gasteiger charge is -2.26. The molecular formula is C10H19N5S. The van der Waals surface area contributed by atoms with Crippen LogP contribution in [0.25, 0.3) is 0 Å². The van der Waals surface area contributed by atoms with Crippen LogP contribution in [0.1, 0.15) is 11.3 Å². The Morgan fingerprint density at radius 2 is 2.12 bits per heavy atom. The van der Waals surface area contributed by atoms with Crippen LogP contribution in [0.15, 0.2) is 0 Å². The second kappa shape index (κ2) is 5.07. The average Bonchev–Trinajstić information content (AvgIpc) is 2.55. The van der Waals surface area contributed by atoms with Crippen molar-refractivity contribution in [2.75, 3.05) is 30.0 Å². The van der Waals surface area contributed by atoms with Gasteiger partial charge in [0.15, 0.2) is 0 Å². The van der Waals surface area contributed by atoms with Crippen LogP contribution in [-0.4, -0.2) is 39.3 Å². The Labute approximate surface area is 100 Å². The van der Waals surface area contributed by atoms with E-state index in [1.54, 1.807) is 0 Å². The molecule has 0 spiro atoms. The van der Waals surface area contributed by atoms with Crippen LogP contribution in [0.4, 0.5) is 5.82 Å². The third-order valence-electron chi connectivity index (χ3n) is 2.97. The van der Waals surface area contributed by atoms with E-state index in [0.29, 0.717) is 0 Å². The molecule has 0 saturated carbocycles. The minimum Gasteiger partial charge on any atom is -0.308 e. The first kappa shape index (κ1) is 11.8. The van der Waals surface area contributed by atoms with Gasteiger partial charge in [-0.1, -0.05) is 0 Å². The molecule has 16 heavy (non-hydrogen) atoms. The molecule has 1 saturated heterocycles. The fourth-order valence-electron chi connectivity index (χ4n) is 2.05. The highest BCUT2D eigenvalue weighted by Gasteiger charge is 2.17. The summed E-state index contributed by atoms with van der Waals surface area (Å²) in [6.07, 6.45) is 0. The molecule has 0 bridgehead atoms. The number of hydrogen-bond donors (Lipinski definition) is 2. The van der Waals surface area contributed by atoms with Crippen LogP contribution in [0.5, 0.6) is 0 Å². The molecule has 1 fully saturated rings. The van der Waals surface area contributed by atoms with Crippen LogP contribution in [0.3, 0.4) is 0 Å². The summed E-state index contributed by atoms with van der Waals surface area (Å²) in [7, 11) is 1.91.